The summed E-state index contributed by atoms with van der Waals surface area (Å²) in [6.07, 6.45) is 4.81. The van der Waals surface area contributed by atoms with Crippen LogP contribution in [0.5, 0.6) is 5.75 Å². The van der Waals surface area contributed by atoms with Crippen molar-refractivity contribution in [1.29, 1.82) is 0 Å². The van der Waals surface area contributed by atoms with Crippen molar-refractivity contribution in [3.05, 3.63) is 28.2 Å². The van der Waals surface area contributed by atoms with Crippen LogP contribution in [0.1, 0.15) is 25.7 Å². The molecule has 2 aliphatic heterocycles. The van der Waals surface area contributed by atoms with Gasteiger partial charge in [-0.3, -0.25) is 14.6 Å². The molecule has 0 N–H and O–H groups in total. The Labute approximate surface area is 172 Å². The molecule has 0 radical (unpaired) electrons. The molecule has 7 heteroatoms. The van der Waals surface area contributed by atoms with Gasteiger partial charge in [0.05, 0.1) is 11.6 Å². The molecule has 2 heterocycles. The molecule has 1 aromatic carbocycles. The van der Waals surface area contributed by atoms with Crippen molar-refractivity contribution in [2.75, 3.05) is 59.0 Å². The molecule has 27 heavy (non-hydrogen) atoms. The smallest absolute Gasteiger partial charge is 0.236 e. The first-order valence-electron chi connectivity index (χ1n) is 9.92. The van der Waals surface area contributed by atoms with E-state index in [-0.39, 0.29) is 0 Å². The predicted octanol–water partition coefficient (Wildman–Crippen LogP) is 3.39. The van der Waals surface area contributed by atoms with Crippen LogP contribution in [0.25, 0.3) is 0 Å². The first-order chi connectivity index (χ1) is 13.1. The van der Waals surface area contributed by atoms with E-state index >= 15 is 0 Å². The fourth-order valence-electron chi connectivity index (χ4n) is 3.66. The number of halogens is 2. The first kappa shape index (κ1) is 20.7. The second kappa shape index (κ2) is 10.5. The zero-order valence-corrected chi connectivity index (χ0v) is 17.4. The minimum Gasteiger partial charge on any atom is -0.491 e. The molecule has 1 amide bonds. The average molecular weight is 414 g/mol. The number of hydrogen-bond donors (Lipinski definition) is 0. The number of carbonyl (C=O) groups excluding carboxylic acids is 1. The van der Waals surface area contributed by atoms with Crippen LogP contribution in [-0.2, 0) is 4.79 Å². The molecule has 0 unspecified atom stereocenters. The number of carbonyl (C=O) groups is 1. The standard InChI is InChI=1S/C20H29Cl2N3O2/c21-17-5-6-19(18(22)15-17)27-14-13-23-9-11-24(12-10-23)16-20(26)25-7-3-1-2-4-8-25/h5-6,15H,1-4,7-14,16H2. The highest BCUT2D eigenvalue weighted by atomic mass is 35.5. The van der Waals surface area contributed by atoms with E-state index in [0.29, 0.717) is 34.9 Å². The zero-order chi connectivity index (χ0) is 19.1. The number of amides is 1. The van der Waals surface area contributed by atoms with Crippen molar-refractivity contribution in [3.8, 4) is 5.75 Å². The van der Waals surface area contributed by atoms with Gasteiger partial charge in [-0.25, -0.2) is 0 Å². The lowest BCUT2D eigenvalue weighted by atomic mass is 10.2. The summed E-state index contributed by atoms with van der Waals surface area (Å²) < 4.78 is 5.77. The Balaban J connectivity index is 1.34. The SMILES string of the molecule is O=C(CN1CCN(CCOc2ccc(Cl)cc2Cl)CC1)N1CCCCCC1. The van der Waals surface area contributed by atoms with E-state index in [0.717, 1.165) is 58.7 Å². The maximum atomic E-state index is 12.5. The van der Waals surface area contributed by atoms with E-state index in [1.807, 2.05) is 0 Å². The van der Waals surface area contributed by atoms with Crippen molar-refractivity contribution in [2.45, 2.75) is 25.7 Å². The number of nitrogens with zero attached hydrogens (tertiary/aromatic N) is 3. The van der Waals surface area contributed by atoms with Crippen molar-refractivity contribution in [3.63, 3.8) is 0 Å². The zero-order valence-electron chi connectivity index (χ0n) is 15.8. The van der Waals surface area contributed by atoms with Crippen molar-refractivity contribution < 1.29 is 9.53 Å². The maximum absolute atomic E-state index is 12.5. The van der Waals surface area contributed by atoms with E-state index in [1.54, 1.807) is 18.2 Å². The largest absolute Gasteiger partial charge is 0.491 e. The van der Waals surface area contributed by atoms with Crippen molar-refractivity contribution >= 4 is 29.1 Å². The highest BCUT2D eigenvalue weighted by Gasteiger charge is 2.22. The van der Waals surface area contributed by atoms with Gasteiger partial charge in [0.2, 0.25) is 5.91 Å². The molecule has 0 aliphatic carbocycles. The average Bonchev–Trinajstić information content (AvgIpc) is 2.94. The van der Waals surface area contributed by atoms with Crippen LogP contribution in [0.3, 0.4) is 0 Å². The van der Waals surface area contributed by atoms with Gasteiger partial charge in [0.25, 0.3) is 0 Å². The van der Waals surface area contributed by atoms with Gasteiger partial charge >= 0.3 is 0 Å². The van der Waals surface area contributed by atoms with Crippen molar-refractivity contribution in [2.24, 2.45) is 0 Å². The Kier molecular flexibility index (Phi) is 8.07. The van der Waals surface area contributed by atoms with Gasteiger partial charge in [0.1, 0.15) is 12.4 Å². The van der Waals surface area contributed by atoms with Gasteiger partial charge in [-0.1, -0.05) is 36.0 Å². The molecule has 0 saturated carbocycles. The van der Waals surface area contributed by atoms with Crippen LogP contribution >= 0.6 is 23.2 Å². The van der Waals surface area contributed by atoms with Crippen LogP contribution in [0, 0.1) is 0 Å². The van der Waals surface area contributed by atoms with Crippen LogP contribution in [-0.4, -0.2) is 79.6 Å². The van der Waals surface area contributed by atoms with E-state index in [1.165, 1.54) is 12.8 Å². The van der Waals surface area contributed by atoms with Gasteiger partial charge in [-0.2, -0.15) is 0 Å². The molecular weight excluding hydrogens is 385 g/mol. The number of likely N-dealkylation sites (tertiary alicyclic amines) is 1. The molecule has 5 nitrogen and oxygen atoms in total. The number of piperazine rings is 1. The molecule has 0 aromatic heterocycles. The number of hydrogen-bond acceptors (Lipinski definition) is 4. The molecule has 2 fully saturated rings. The summed E-state index contributed by atoms with van der Waals surface area (Å²) in [5.41, 5.74) is 0. The summed E-state index contributed by atoms with van der Waals surface area (Å²) in [7, 11) is 0. The molecule has 0 spiro atoms. The van der Waals surface area contributed by atoms with Gasteiger partial charge in [0.15, 0.2) is 0 Å². The van der Waals surface area contributed by atoms with Gasteiger partial charge in [-0.15, -0.1) is 0 Å². The summed E-state index contributed by atoms with van der Waals surface area (Å²) in [5, 5.41) is 1.15. The molecule has 0 atom stereocenters. The minimum absolute atomic E-state index is 0.297. The maximum Gasteiger partial charge on any atom is 0.236 e. The van der Waals surface area contributed by atoms with Gasteiger partial charge < -0.3 is 9.64 Å². The van der Waals surface area contributed by atoms with Crippen LogP contribution in [0.2, 0.25) is 10.0 Å². The Morgan fingerprint density at radius 3 is 2.26 bits per heavy atom. The molecule has 150 valence electrons. The second-order valence-electron chi connectivity index (χ2n) is 7.34. The lowest BCUT2D eigenvalue weighted by molar-refractivity contribution is -0.132. The highest BCUT2D eigenvalue weighted by molar-refractivity contribution is 6.35. The van der Waals surface area contributed by atoms with Gasteiger partial charge in [-0.05, 0) is 31.0 Å². The fourth-order valence-corrected chi connectivity index (χ4v) is 4.12. The lowest BCUT2D eigenvalue weighted by Gasteiger charge is -2.35. The minimum atomic E-state index is 0.297. The Hall–Kier alpha value is -1.01. The third-order valence-corrected chi connectivity index (χ3v) is 5.87. The predicted molar refractivity (Wildman–Crippen MR) is 110 cm³/mol. The third-order valence-electron chi connectivity index (χ3n) is 5.34. The highest BCUT2D eigenvalue weighted by Crippen LogP contribution is 2.27. The Morgan fingerprint density at radius 1 is 0.926 bits per heavy atom. The lowest BCUT2D eigenvalue weighted by Crippen LogP contribution is -2.50. The van der Waals surface area contributed by atoms with Crippen LogP contribution in [0.4, 0.5) is 0 Å². The third kappa shape index (κ3) is 6.53. The van der Waals surface area contributed by atoms with E-state index in [4.69, 9.17) is 27.9 Å². The molecule has 2 aliphatic rings. The normalized spacial score (nSPS) is 19.7. The molecular formula is C20H29Cl2N3O2. The van der Waals surface area contributed by atoms with Gasteiger partial charge in [0, 0.05) is 50.8 Å². The quantitative estimate of drug-likeness (QED) is 0.715. The van der Waals surface area contributed by atoms with Crippen LogP contribution in [0.15, 0.2) is 18.2 Å². The summed E-state index contributed by atoms with van der Waals surface area (Å²) in [4.78, 5) is 19.2. The Morgan fingerprint density at radius 2 is 1.59 bits per heavy atom. The van der Waals surface area contributed by atoms with E-state index in [2.05, 4.69) is 14.7 Å². The topological polar surface area (TPSA) is 36.0 Å². The first-order valence-corrected chi connectivity index (χ1v) is 10.7. The Bertz CT molecular complexity index is 613. The van der Waals surface area contributed by atoms with E-state index < -0.39 is 0 Å². The summed E-state index contributed by atoms with van der Waals surface area (Å²) in [6, 6.07) is 5.28. The fraction of sp³-hybridized carbons (Fsp3) is 0.650. The molecule has 0 bridgehead atoms. The number of rotatable bonds is 6. The summed E-state index contributed by atoms with van der Waals surface area (Å²) in [6.45, 7) is 7.66. The molecule has 2 saturated heterocycles. The van der Waals surface area contributed by atoms with Crippen LogP contribution < -0.4 is 4.74 Å². The monoisotopic (exact) mass is 413 g/mol. The number of benzene rings is 1. The van der Waals surface area contributed by atoms with Crippen molar-refractivity contribution in [1.82, 2.24) is 14.7 Å². The number of ether oxygens (including phenoxy) is 1. The summed E-state index contributed by atoms with van der Waals surface area (Å²) in [5.74, 6) is 0.966. The second-order valence-corrected chi connectivity index (χ2v) is 8.18. The summed E-state index contributed by atoms with van der Waals surface area (Å²) >= 11 is 12.0. The molecule has 3 rings (SSSR count). The van der Waals surface area contributed by atoms with E-state index in [9.17, 15) is 4.79 Å². The molecule has 1 aromatic rings.